The first-order chi connectivity index (χ1) is 13.8. The molecule has 1 heterocycles. The number of nitrogens with zero attached hydrogens (tertiary/aromatic N) is 2. The Balaban J connectivity index is 1.52. The van der Waals surface area contributed by atoms with Gasteiger partial charge in [-0.05, 0) is 46.9 Å². The third-order valence-electron chi connectivity index (χ3n) is 4.74. The first-order valence-corrected chi connectivity index (χ1v) is 9.38. The van der Waals surface area contributed by atoms with E-state index in [0.29, 0.717) is 0 Å². The summed E-state index contributed by atoms with van der Waals surface area (Å²) in [5.74, 6) is 0. The van der Waals surface area contributed by atoms with E-state index >= 15 is 0 Å². The lowest BCUT2D eigenvalue weighted by atomic mass is 9.99. The molecule has 0 aliphatic heterocycles. The van der Waals surface area contributed by atoms with Gasteiger partial charge in [-0.15, -0.1) is 0 Å². The van der Waals surface area contributed by atoms with E-state index in [4.69, 9.17) is 10.2 Å². The molecule has 4 aromatic rings. The summed E-state index contributed by atoms with van der Waals surface area (Å²) in [6.45, 7) is 0. The van der Waals surface area contributed by atoms with Gasteiger partial charge in [-0.25, -0.2) is 0 Å². The van der Waals surface area contributed by atoms with Crippen molar-refractivity contribution >= 4 is 17.0 Å². The van der Waals surface area contributed by atoms with Crippen molar-refractivity contribution in [1.29, 1.82) is 5.26 Å². The van der Waals surface area contributed by atoms with Crippen LogP contribution in [0.25, 0.3) is 17.0 Å². The summed E-state index contributed by atoms with van der Waals surface area (Å²) in [7, 11) is 0. The van der Waals surface area contributed by atoms with Crippen LogP contribution in [0.15, 0.2) is 91.0 Å². The molecule has 0 saturated heterocycles. The summed E-state index contributed by atoms with van der Waals surface area (Å²) >= 11 is 0. The molecule has 1 aromatic heterocycles. The molecule has 0 saturated carbocycles. The van der Waals surface area contributed by atoms with Crippen molar-refractivity contribution in [3.63, 3.8) is 0 Å². The van der Waals surface area contributed by atoms with E-state index in [-0.39, 0.29) is 0 Å². The van der Waals surface area contributed by atoms with Crippen molar-refractivity contribution in [2.45, 2.75) is 12.8 Å². The Kier molecular flexibility index (Phi) is 5.26. The molecular weight excluding hydrogens is 340 g/mol. The van der Waals surface area contributed by atoms with Gasteiger partial charge in [-0.3, -0.25) is 4.98 Å². The summed E-state index contributed by atoms with van der Waals surface area (Å²) < 4.78 is 0. The van der Waals surface area contributed by atoms with Gasteiger partial charge < -0.3 is 0 Å². The van der Waals surface area contributed by atoms with Crippen LogP contribution in [-0.4, -0.2) is 4.98 Å². The van der Waals surface area contributed by atoms with E-state index in [1.54, 1.807) is 0 Å². The number of hydrogen-bond donors (Lipinski definition) is 0. The maximum atomic E-state index is 8.70. The highest BCUT2D eigenvalue weighted by atomic mass is 14.7. The quantitative estimate of drug-likeness (QED) is 0.412. The molecular formula is C26H20N2. The minimum absolute atomic E-state index is 0.823. The van der Waals surface area contributed by atoms with Crippen molar-refractivity contribution in [3.8, 4) is 6.07 Å². The Hall–Kier alpha value is -3.70. The van der Waals surface area contributed by atoms with E-state index in [1.807, 2.05) is 36.4 Å². The summed E-state index contributed by atoms with van der Waals surface area (Å²) in [6, 6.07) is 31.5. The van der Waals surface area contributed by atoms with Gasteiger partial charge in [0.05, 0.1) is 11.6 Å². The zero-order chi connectivity index (χ0) is 19.2. The highest BCUT2D eigenvalue weighted by Gasteiger charge is 2.03. The van der Waals surface area contributed by atoms with Gasteiger partial charge >= 0.3 is 0 Å². The molecule has 0 fully saturated rings. The number of pyridine rings is 1. The normalized spacial score (nSPS) is 11.0. The monoisotopic (exact) mass is 360 g/mol. The molecule has 0 bridgehead atoms. The lowest BCUT2D eigenvalue weighted by Gasteiger charge is -2.07. The highest BCUT2D eigenvalue weighted by molar-refractivity contribution is 5.78. The number of hydrogen-bond acceptors (Lipinski definition) is 2. The van der Waals surface area contributed by atoms with Crippen LogP contribution in [0.1, 0.15) is 27.9 Å². The Bertz CT molecular complexity index is 1180. The van der Waals surface area contributed by atoms with Gasteiger partial charge in [0.25, 0.3) is 0 Å². The van der Waals surface area contributed by atoms with Gasteiger partial charge in [0.15, 0.2) is 0 Å². The molecule has 2 heteroatoms. The second-order valence-corrected chi connectivity index (χ2v) is 6.88. The lowest BCUT2D eigenvalue weighted by molar-refractivity contribution is 1.08. The smallest absolute Gasteiger partial charge is 0.0912 e. The SMILES string of the molecule is N#C/C=C/c1cccc(Cc2cccc(Cc3ccc4ccccc4n3)c2)c1. The van der Waals surface area contributed by atoms with Crippen molar-refractivity contribution in [2.75, 3.05) is 0 Å². The second kappa shape index (κ2) is 8.33. The van der Waals surface area contributed by atoms with Gasteiger partial charge in [0, 0.05) is 23.6 Å². The molecule has 0 N–H and O–H groups in total. The number of fused-ring (bicyclic) bond motifs is 1. The molecule has 0 unspecified atom stereocenters. The number of nitriles is 1. The van der Waals surface area contributed by atoms with Gasteiger partial charge in [0.2, 0.25) is 0 Å². The first kappa shape index (κ1) is 17.7. The van der Waals surface area contributed by atoms with Crippen LogP contribution in [0.4, 0.5) is 0 Å². The van der Waals surface area contributed by atoms with Crippen molar-refractivity contribution in [1.82, 2.24) is 4.98 Å². The van der Waals surface area contributed by atoms with Crippen LogP contribution in [-0.2, 0) is 12.8 Å². The van der Waals surface area contributed by atoms with Gasteiger partial charge in [0.1, 0.15) is 0 Å². The topological polar surface area (TPSA) is 36.7 Å². The Morgan fingerprint density at radius 2 is 1.50 bits per heavy atom. The van der Waals surface area contributed by atoms with Crippen LogP contribution >= 0.6 is 0 Å². The molecule has 0 aliphatic rings. The second-order valence-electron chi connectivity index (χ2n) is 6.88. The number of allylic oxidation sites excluding steroid dienone is 1. The fraction of sp³-hybridized carbons (Fsp3) is 0.0769. The number of benzene rings is 3. The van der Waals surface area contributed by atoms with Crippen molar-refractivity contribution in [2.24, 2.45) is 0 Å². The summed E-state index contributed by atoms with van der Waals surface area (Å²) in [6.07, 6.45) is 5.04. The fourth-order valence-electron chi connectivity index (χ4n) is 3.44. The summed E-state index contributed by atoms with van der Waals surface area (Å²) in [5, 5.41) is 9.87. The molecule has 0 amide bonds. The van der Waals surface area contributed by atoms with E-state index in [9.17, 15) is 0 Å². The van der Waals surface area contributed by atoms with Crippen LogP contribution < -0.4 is 0 Å². The molecule has 0 aliphatic carbocycles. The van der Waals surface area contributed by atoms with E-state index < -0.39 is 0 Å². The van der Waals surface area contributed by atoms with E-state index in [2.05, 4.69) is 60.7 Å². The van der Waals surface area contributed by atoms with Gasteiger partial charge in [-0.2, -0.15) is 5.26 Å². The van der Waals surface area contributed by atoms with E-state index in [1.165, 1.54) is 28.2 Å². The average molecular weight is 360 g/mol. The van der Waals surface area contributed by atoms with Crippen LogP contribution in [0.5, 0.6) is 0 Å². The molecule has 4 rings (SSSR count). The Morgan fingerprint density at radius 1 is 0.750 bits per heavy atom. The van der Waals surface area contributed by atoms with Crippen molar-refractivity contribution < 1.29 is 0 Å². The third kappa shape index (κ3) is 4.34. The molecule has 2 nitrogen and oxygen atoms in total. The predicted molar refractivity (Wildman–Crippen MR) is 115 cm³/mol. The van der Waals surface area contributed by atoms with Crippen molar-refractivity contribution in [3.05, 3.63) is 119 Å². The predicted octanol–water partition coefficient (Wildman–Crippen LogP) is 5.95. The minimum Gasteiger partial charge on any atom is -0.252 e. The molecule has 3 aromatic carbocycles. The largest absolute Gasteiger partial charge is 0.252 e. The van der Waals surface area contributed by atoms with Crippen LogP contribution in [0, 0.1) is 11.3 Å². The Labute approximate surface area is 165 Å². The molecule has 28 heavy (non-hydrogen) atoms. The Morgan fingerprint density at radius 3 is 2.36 bits per heavy atom. The number of para-hydroxylation sites is 1. The summed E-state index contributed by atoms with van der Waals surface area (Å²) in [4.78, 5) is 4.79. The average Bonchev–Trinajstić information content (AvgIpc) is 2.73. The van der Waals surface area contributed by atoms with E-state index in [0.717, 1.165) is 29.6 Å². The number of aromatic nitrogens is 1. The molecule has 0 radical (unpaired) electrons. The maximum absolute atomic E-state index is 8.70. The molecule has 0 spiro atoms. The zero-order valence-corrected chi connectivity index (χ0v) is 15.5. The fourth-order valence-corrected chi connectivity index (χ4v) is 3.44. The highest BCUT2D eigenvalue weighted by Crippen LogP contribution is 2.17. The third-order valence-corrected chi connectivity index (χ3v) is 4.74. The van der Waals surface area contributed by atoms with Gasteiger partial charge in [-0.1, -0.05) is 72.8 Å². The van der Waals surface area contributed by atoms with Crippen LogP contribution in [0.2, 0.25) is 0 Å². The minimum atomic E-state index is 0.823. The first-order valence-electron chi connectivity index (χ1n) is 9.38. The molecule has 0 atom stereocenters. The summed E-state index contributed by atoms with van der Waals surface area (Å²) in [5.41, 5.74) is 6.95. The number of rotatable bonds is 5. The maximum Gasteiger partial charge on any atom is 0.0912 e. The molecule has 134 valence electrons. The lowest BCUT2D eigenvalue weighted by Crippen LogP contribution is -1.95. The van der Waals surface area contributed by atoms with Crippen LogP contribution in [0.3, 0.4) is 0 Å². The standard InChI is InChI=1S/C26H20N2/c27-15-5-10-20-6-3-7-21(16-20)17-22-8-4-9-23(18-22)19-25-14-13-24-11-1-2-12-26(24)28-25/h1-14,16,18H,17,19H2/b10-5+. The zero-order valence-electron chi connectivity index (χ0n) is 15.5.